The van der Waals surface area contributed by atoms with Gasteiger partial charge in [-0.15, -0.1) is 0 Å². The molecule has 144 valence electrons. The molecule has 1 fully saturated rings. The number of nitrogens with one attached hydrogen (secondary N) is 2. The third-order valence-electron chi connectivity index (χ3n) is 5.79. The van der Waals surface area contributed by atoms with Crippen molar-refractivity contribution in [3.8, 4) is 0 Å². The molecule has 0 unspecified atom stereocenters. The first-order valence-electron chi connectivity index (χ1n) is 10.1. The van der Waals surface area contributed by atoms with Crippen molar-refractivity contribution >= 4 is 16.7 Å². The Morgan fingerprint density at radius 3 is 2.67 bits per heavy atom. The number of aromatic nitrogens is 1. The van der Waals surface area contributed by atoms with Crippen LogP contribution < -0.4 is 10.9 Å². The minimum absolute atomic E-state index is 0.0710. The fraction of sp³-hybridized carbons (Fsp3) is 0.524. The van der Waals surface area contributed by atoms with E-state index in [-0.39, 0.29) is 11.5 Å². The number of H-pyrrole nitrogens is 1. The van der Waals surface area contributed by atoms with Crippen LogP contribution in [0.15, 0.2) is 29.1 Å². The molecule has 3 heterocycles. The molecule has 4 rings (SSSR count). The summed E-state index contributed by atoms with van der Waals surface area (Å²) in [6.07, 6.45) is 4.71. The number of pyridine rings is 1. The number of piperidine rings is 1. The third-order valence-corrected chi connectivity index (χ3v) is 5.79. The molecule has 1 aromatic carbocycles. The maximum absolute atomic E-state index is 12.6. The average Bonchev–Trinajstić information content (AvgIpc) is 2.71. The normalized spacial score (nSPS) is 17.9. The molecule has 1 amide bonds. The van der Waals surface area contributed by atoms with Gasteiger partial charge in [0, 0.05) is 30.7 Å². The van der Waals surface area contributed by atoms with E-state index in [1.807, 2.05) is 29.2 Å². The summed E-state index contributed by atoms with van der Waals surface area (Å²) in [6.45, 7) is 5.77. The topological polar surface area (TPSA) is 68.4 Å². The van der Waals surface area contributed by atoms with Crippen molar-refractivity contribution in [2.45, 2.75) is 32.2 Å². The van der Waals surface area contributed by atoms with E-state index >= 15 is 0 Å². The summed E-state index contributed by atoms with van der Waals surface area (Å²) in [7, 11) is 0. The Morgan fingerprint density at radius 1 is 1.07 bits per heavy atom. The van der Waals surface area contributed by atoms with Crippen LogP contribution in [-0.4, -0.2) is 60.0 Å². The Balaban J connectivity index is 1.33. The van der Waals surface area contributed by atoms with Crippen LogP contribution in [0, 0.1) is 0 Å². The molecule has 0 atom stereocenters. The smallest absolute Gasteiger partial charge is 0.256 e. The first-order valence-corrected chi connectivity index (χ1v) is 10.1. The second-order valence-corrected chi connectivity index (χ2v) is 7.60. The van der Waals surface area contributed by atoms with Crippen LogP contribution in [0.5, 0.6) is 0 Å². The van der Waals surface area contributed by atoms with Gasteiger partial charge in [-0.3, -0.25) is 9.59 Å². The second kappa shape index (κ2) is 8.23. The Hall–Kier alpha value is -2.18. The zero-order valence-electron chi connectivity index (χ0n) is 15.8. The highest BCUT2D eigenvalue weighted by molar-refractivity contribution is 5.86. The number of hydrogen-bond acceptors (Lipinski definition) is 4. The monoisotopic (exact) mass is 368 g/mol. The van der Waals surface area contributed by atoms with Gasteiger partial charge in [0.25, 0.3) is 5.56 Å². The maximum atomic E-state index is 12.6. The van der Waals surface area contributed by atoms with Crippen molar-refractivity contribution in [1.29, 1.82) is 0 Å². The highest BCUT2D eigenvalue weighted by Crippen LogP contribution is 2.23. The van der Waals surface area contributed by atoms with Gasteiger partial charge < -0.3 is 20.1 Å². The summed E-state index contributed by atoms with van der Waals surface area (Å²) in [5.41, 5.74) is 1.98. The van der Waals surface area contributed by atoms with Crippen molar-refractivity contribution in [3.05, 3.63) is 45.9 Å². The van der Waals surface area contributed by atoms with E-state index < -0.39 is 0 Å². The quantitative estimate of drug-likeness (QED) is 0.785. The molecule has 0 radical (unpaired) electrons. The summed E-state index contributed by atoms with van der Waals surface area (Å²) in [6, 6.07) is 7.71. The van der Waals surface area contributed by atoms with Gasteiger partial charge >= 0.3 is 0 Å². The van der Waals surface area contributed by atoms with E-state index in [0.29, 0.717) is 19.6 Å². The molecule has 2 aliphatic heterocycles. The first kappa shape index (κ1) is 18.2. The van der Waals surface area contributed by atoms with Gasteiger partial charge in [-0.2, -0.15) is 0 Å². The predicted molar refractivity (Wildman–Crippen MR) is 107 cm³/mol. The summed E-state index contributed by atoms with van der Waals surface area (Å²) < 4.78 is 0. The zero-order valence-corrected chi connectivity index (χ0v) is 15.8. The zero-order chi connectivity index (χ0) is 18.6. The van der Waals surface area contributed by atoms with Gasteiger partial charge in [0.1, 0.15) is 0 Å². The third kappa shape index (κ3) is 4.06. The highest BCUT2D eigenvalue weighted by atomic mass is 16.2. The number of benzene rings is 1. The van der Waals surface area contributed by atoms with Crippen LogP contribution in [0.25, 0.3) is 10.8 Å². The molecule has 2 N–H and O–H groups in total. The Labute approximate surface area is 159 Å². The summed E-state index contributed by atoms with van der Waals surface area (Å²) in [5.74, 6) is 0.105. The lowest BCUT2D eigenvalue weighted by molar-refractivity contribution is -0.131. The molecule has 6 heteroatoms. The van der Waals surface area contributed by atoms with Crippen molar-refractivity contribution < 1.29 is 4.79 Å². The minimum Gasteiger partial charge on any atom is -0.335 e. The van der Waals surface area contributed by atoms with E-state index in [2.05, 4.69) is 15.2 Å². The number of likely N-dealkylation sites (tertiary alicyclic amines) is 1. The number of fused-ring (bicyclic) bond motifs is 3. The van der Waals surface area contributed by atoms with E-state index in [9.17, 15) is 9.59 Å². The van der Waals surface area contributed by atoms with Crippen LogP contribution in [0.3, 0.4) is 0 Å². The van der Waals surface area contributed by atoms with Crippen LogP contribution in [0.1, 0.15) is 30.5 Å². The number of hydrogen-bond donors (Lipinski definition) is 2. The average molecular weight is 368 g/mol. The van der Waals surface area contributed by atoms with Crippen molar-refractivity contribution in [2.75, 3.05) is 39.3 Å². The van der Waals surface area contributed by atoms with Crippen LogP contribution in [-0.2, 0) is 17.8 Å². The minimum atomic E-state index is -0.0710. The molecular formula is C21H28N4O2. The standard InChI is InChI=1S/C21H28N4O2/c26-20(14-22-9-13-24-10-4-1-5-11-24)25-12-8-17-16-6-2-3-7-18(16)21(27)23-19(17)15-25/h2-3,6-7,22H,1,4-5,8-15H2,(H,23,27). The second-order valence-electron chi connectivity index (χ2n) is 7.60. The van der Waals surface area contributed by atoms with Gasteiger partial charge in [-0.25, -0.2) is 0 Å². The lowest BCUT2D eigenvalue weighted by Crippen LogP contribution is -2.43. The molecule has 1 saturated heterocycles. The summed E-state index contributed by atoms with van der Waals surface area (Å²) in [4.78, 5) is 32.2. The highest BCUT2D eigenvalue weighted by Gasteiger charge is 2.23. The van der Waals surface area contributed by atoms with Gasteiger partial charge in [-0.1, -0.05) is 24.6 Å². The first-order chi connectivity index (χ1) is 13.2. The van der Waals surface area contributed by atoms with Crippen LogP contribution in [0.4, 0.5) is 0 Å². The largest absolute Gasteiger partial charge is 0.335 e. The number of rotatable bonds is 5. The Bertz CT molecular complexity index is 870. The Kier molecular flexibility index (Phi) is 5.55. The van der Waals surface area contributed by atoms with Crippen molar-refractivity contribution in [3.63, 3.8) is 0 Å². The van der Waals surface area contributed by atoms with Gasteiger partial charge in [-0.05, 0) is 49.4 Å². The summed E-state index contributed by atoms with van der Waals surface area (Å²) in [5, 5.41) is 5.04. The fourth-order valence-electron chi connectivity index (χ4n) is 4.26. The van der Waals surface area contributed by atoms with Gasteiger partial charge in [0.05, 0.1) is 13.1 Å². The SMILES string of the molecule is O=C(CNCCN1CCCCC1)N1CCc2c([nH]c(=O)c3ccccc23)C1. The van der Waals surface area contributed by atoms with Gasteiger partial charge in [0.2, 0.25) is 5.91 Å². The summed E-state index contributed by atoms with van der Waals surface area (Å²) >= 11 is 0. The molecule has 0 bridgehead atoms. The lowest BCUT2D eigenvalue weighted by Gasteiger charge is -2.30. The van der Waals surface area contributed by atoms with Crippen LogP contribution >= 0.6 is 0 Å². The Morgan fingerprint density at radius 2 is 1.85 bits per heavy atom. The molecular weight excluding hydrogens is 340 g/mol. The molecule has 1 aromatic heterocycles. The number of carbonyl (C=O) groups excluding carboxylic acids is 1. The van der Waals surface area contributed by atoms with E-state index in [4.69, 9.17) is 0 Å². The molecule has 2 aromatic rings. The molecule has 0 aliphatic carbocycles. The number of aromatic amines is 1. The van der Waals surface area contributed by atoms with E-state index in [1.165, 1.54) is 37.9 Å². The molecule has 27 heavy (non-hydrogen) atoms. The van der Waals surface area contributed by atoms with E-state index in [0.717, 1.165) is 36.0 Å². The van der Waals surface area contributed by atoms with Crippen LogP contribution in [0.2, 0.25) is 0 Å². The molecule has 0 saturated carbocycles. The van der Waals surface area contributed by atoms with Crippen molar-refractivity contribution in [2.24, 2.45) is 0 Å². The fourth-order valence-corrected chi connectivity index (χ4v) is 4.26. The van der Waals surface area contributed by atoms with E-state index in [1.54, 1.807) is 0 Å². The maximum Gasteiger partial charge on any atom is 0.256 e. The number of carbonyl (C=O) groups is 1. The lowest BCUT2D eigenvalue weighted by atomic mass is 9.98. The molecule has 0 spiro atoms. The molecule has 2 aliphatic rings. The van der Waals surface area contributed by atoms with Gasteiger partial charge in [0.15, 0.2) is 0 Å². The number of nitrogens with zero attached hydrogens (tertiary/aromatic N) is 2. The predicted octanol–water partition coefficient (Wildman–Crippen LogP) is 1.49. The number of amides is 1. The molecule has 6 nitrogen and oxygen atoms in total. The van der Waals surface area contributed by atoms with Crippen molar-refractivity contribution in [1.82, 2.24) is 20.1 Å².